The zero-order valence-corrected chi connectivity index (χ0v) is 20.8. The molecule has 1 aliphatic rings. The van der Waals surface area contributed by atoms with Crippen molar-refractivity contribution in [2.75, 3.05) is 31.1 Å². The van der Waals surface area contributed by atoms with Crippen molar-refractivity contribution in [2.45, 2.75) is 65.2 Å². The fourth-order valence-corrected chi connectivity index (χ4v) is 4.15. The highest BCUT2D eigenvalue weighted by molar-refractivity contribution is 6.29. The zero-order valence-electron chi connectivity index (χ0n) is 20.1. The standard InChI is InChI=1S/C25H35ClN4O2/c1-24(2,3)18-15-17(16-19(23(18)32)25(4,5)6)7-10-22(31)30-13-11-29(12-14-30)21-9-8-20(26)27-28-21/h8-9,15-16,32H,7,10-14H2,1-6H3. The first kappa shape index (κ1) is 24.3. The first-order valence-corrected chi connectivity index (χ1v) is 11.6. The Kier molecular flexibility index (Phi) is 7.03. The van der Waals surface area contributed by atoms with Crippen LogP contribution in [0.15, 0.2) is 24.3 Å². The van der Waals surface area contributed by atoms with Gasteiger partial charge in [0.25, 0.3) is 0 Å². The number of aromatic nitrogens is 2. The second kappa shape index (κ2) is 9.26. The van der Waals surface area contributed by atoms with E-state index in [1.54, 1.807) is 6.07 Å². The number of carbonyl (C=O) groups excluding carboxylic acids is 1. The van der Waals surface area contributed by atoms with Crippen LogP contribution in [0.2, 0.25) is 5.15 Å². The number of aryl methyl sites for hydroxylation is 1. The molecule has 174 valence electrons. The highest BCUT2D eigenvalue weighted by Gasteiger charge is 2.27. The number of hydrogen-bond donors (Lipinski definition) is 1. The number of benzene rings is 1. The maximum Gasteiger partial charge on any atom is 0.223 e. The van der Waals surface area contributed by atoms with Gasteiger partial charge in [-0.05, 0) is 46.1 Å². The molecule has 0 radical (unpaired) electrons. The summed E-state index contributed by atoms with van der Waals surface area (Å²) >= 11 is 5.82. The monoisotopic (exact) mass is 458 g/mol. The van der Waals surface area contributed by atoms with Gasteiger partial charge in [-0.1, -0.05) is 65.3 Å². The molecule has 7 heteroatoms. The number of carbonyl (C=O) groups is 1. The van der Waals surface area contributed by atoms with Crippen LogP contribution in [0.5, 0.6) is 5.75 Å². The minimum Gasteiger partial charge on any atom is -0.507 e. The van der Waals surface area contributed by atoms with E-state index in [0.717, 1.165) is 35.6 Å². The molecule has 6 nitrogen and oxygen atoms in total. The van der Waals surface area contributed by atoms with Crippen molar-refractivity contribution in [3.8, 4) is 5.75 Å². The molecule has 2 heterocycles. The summed E-state index contributed by atoms with van der Waals surface area (Å²) in [7, 11) is 0. The van der Waals surface area contributed by atoms with Crippen LogP contribution in [0.1, 0.15) is 64.7 Å². The minimum atomic E-state index is -0.176. The lowest BCUT2D eigenvalue weighted by Crippen LogP contribution is -2.49. The maximum atomic E-state index is 12.9. The van der Waals surface area contributed by atoms with E-state index < -0.39 is 0 Å². The number of amides is 1. The number of nitrogens with zero attached hydrogens (tertiary/aromatic N) is 4. The van der Waals surface area contributed by atoms with Gasteiger partial charge in [0.05, 0.1) is 0 Å². The van der Waals surface area contributed by atoms with Crippen LogP contribution >= 0.6 is 11.6 Å². The smallest absolute Gasteiger partial charge is 0.223 e. The van der Waals surface area contributed by atoms with Gasteiger partial charge in [0, 0.05) is 32.6 Å². The van der Waals surface area contributed by atoms with Gasteiger partial charge in [-0.25, -0.2) is 0 Å². The van der Waals surface area contributed by atoms with Crippen molar-refractivity contribution in [2.24, 2.45) is 0 Å². The number of anilines is 1. The van der Waals surface area contributed by atoms with Crippen molar-refractivity contribution in [1.29, 1.82) is 0 Å². The molecule has 1 aliphatic heterocycles. The third kappa shape index (κ3) is 5.71. The van der Waals surface area contributed by atoms with E-state index in [1.165, 1.54) is 0 Å². The summed E-state index contributed by atoms with van der Waals surface area (Å²) in [6.07, 6.45) is 1.12. The van der Waals surface area contributed by atoms with E-state index in [2.05, 4.69) is 68.8 Å². The summed E-state index contributed by atoms with van der Waals surface area (Å²) < 4.78 is 0. The Labute approximate surface area is 196 Å². The van der Waals surface area contributed by atoms with Crippen LogP contribution in [0.3, 0.4) is 0 Å². The van der Waals surface area contributed by atoms with E-state index in [1.807, 2.05) is 11.0 Å². The average molecular weight is 459 g/mol. The quantitative estimate of drug-likeness (QED) is 0.718. The molecule has 1 aromatic heterocycles. The number of halogens is 1. The molecule has 1 fully saturated rings. The van der Waals surface area contributed by atoms with Crippen LogP contribution in [-0.4, -0.2) is 52.3 Å². The summed E-state index contributed by atoms with van der Waals surface area (Å²) in [6.45, 7) is 15.4. The molecule has 32 heavy (non-hydrogen) atoms. The predicted octanol–water partition coefficient (Wildman–Crippen LogP) is 4.71. The van der Waals surface area contributed by atoms with Gasteiger partial charge in [0.15, 0.2) is 11.0 Å². The fraction of sp³-hybridized carbons (Fsp3) is 0.560. The van der Waals surface area contributed by atoms with E-state index in [9.17, 15) is 9.90 Å². The van der Waals surface area contributed by atoms with E-state index >= 15 is 0 Å². The molecular formula is C25H35ClN4O2. The zero-order chi connectivity index (χ0) is 23.7. The molecule has 0 unspecified atom stereocenters. The second-order valence-electron chi connectivity index (χ2n) is 10.6. The van der Waals surface area contributed by atoms with E-state index in [-0.39, 0.29) is 16.7 Å². The van der Waals surface area contributed by atoms with Gasteiger partial charge in [-0.2, -0.15) is 0 Å². The average Bonchev–Trinajstić information content (AvgIpc) is 2.71. The molecule has 0 bridgehead atoms. The lowest BCUT2D eigenvalue weighted by molar-refractivity contribution is -0.131. The Hall–Kier alpha value is -2.34. The van der Waals surface area contributed by atoms with Gasteiger partial charge < -0.3 is 14.9 Å². The summed E-state index contributed by atoms with van der Waals surface area (Å²) in [5, 5.41) is 19.3. The number of hydrogen-bond acceptors (Lipinski definition) is 5. The third-order valence-corrected chi connectivity index (χ3v) is 6.19. The van der Waals surface area contributed by atoms with Crippen LogP contribution < -0.4 is 4.90 Å². The first-order valence-electron chi connectivity index (χ1n) is 11.2. The molecule has 1 aromatic carbocycles. The van der Waals surface area contributed by atoms with Crippen molar-refractivity contribution < 1.29 is 9.90 Å². The van der Waals surface area contributed by atoms with Crippen molar-refractivity contribution >= 4 is 23.3 Å². The SMILES string of the molecule is CC(C)(C)c1cc(CCC(=O)N2CCN(c3ccc(Cl)nn3)CC2)cc(C(C)(C)C)c1O. The Morgan fingerprint density at radius 1 is 0.969 bits per heavy atom. The van der Waals surface area contributed by atoms with Gasteiger partial charge in [-0.3, -0.25) is 4.79 Å². The lowest BCUT2D eigenvalue weighted by atomic mass is 9.78. The van der Waals surface area contributed by atoms with Gasteiger partial charge in [0.1, 0.15) is 5.75 Å². The van der Waals surface area contributed by atoms with E-state index in [0.29, 0.717) is 36.8 Å². The van der Waals surface area contributed by atoms with Crippen molar-refractivity contribution in [3.63, 3.8) is 0 Å². The van der Waals surface area contributed by atoms with Crippen LogP contribution in [-0.2, 0) is 22.0 Å². The highest BCUT2D eigenvalue weighted by atomic mass is 35.5. The summed E-state index contributed by atoms with van der Waals surface area (Å²) in [4.78, 5) is 17.0. The Morgan fingerprint density at radius 2 is 1.53 bits per heavy atom. The van der Waals surface area contributed by atoms with Crippen molar-refractivity contribution in [1.82, 2.24) is 15.1 Å². The lowest BCUT2D eigenvalue weighted by Gasteiger charge is -2.35. The number of phenols is 1. The molecule has 0 spiro atoms. The minimum absolute atomic E-state index is 0.162. The number of rotatable bonds is 4. The van der Waals surface area contributed by atoms with Crippen LogP contribution in [0.4, 0.5) is 5.82 Å². The maximum absolute atomic E-state index is 12.9. The van der Waals surface area contributed by atoms with Crippen LogP contribution in [0.25, 0.3) is 0 Å². The molecule has 1 N–H and O–H groups in total. The molecule has 0 saturated carbocycles. The fourth-order valence-electron chi connectivity index (χ4n) is 4.05. The Bertz CT molecular complexity index is 918. The second-order valence-corrected chi connectivity index (χ2v) is 11.0. The molecule has 3 rings (SSSR count). The predicted molar refractivity (Wildman–Crippen MR) is 130 cm³/mol. The number of aromatic hydroxyl groups is 1. The van der Waals surface area contributed by atoms with Crippen LogP contribution in [0, 0.1) is 0 Å². The Morgan fingerprint density at radius 3 is 2.00 bits per heavy atom. The van der Waals surface area contributed by atoms with E-state index in [4.69, 9.17) is 11.6 Å². The molecule has 0 atom stereocenters. The summed E-state index contributed by atoms with van der Waals surface area (Å²) in [5.41, 5.74) is 2.62. The third-order valence-electron chi connectivity index (χ3n) is 5.99. The molecular weight excluding hydrogens is 424 g/mol. The Balaban J connectivity index is 1.65. The number of piperazine rings is 1. The normalized spacial score (nSPS) is 15.2. The first-order chi connectivity index (χ1) is 14.9. The highest BCUT2D eigenvalue weighted by Crippen LogP contribution is 2.40. The summed E-state index contributed by atoms with van der Waals surface area (Å²) in [6, 6.07) is 7.72. The van der Waals surface area contributed by atoms with Gasteiger partial charge in [0.2, 0.25) is 5.91 Å². The summed E-state index contributed by atoms with van der Waals surface area (Å²) in [5.74, 6) is 1.33. The van der Waals surface area contributed by atoms with Gasteiger partial charge in [-0.15, -0.1) is 10.2 Å². The molecule has 1 saturated heterocycles. The molecule has 2 aromatic rings. The van der Waals surface area contributed by atoms with Crippen molar-refractivity contribution in [3.05, 3.63) is 46.1 Å². The largest absolute Gasteiger partial charge is 0.507 e. The molecule has 0 aliphatic carbocycles. The molecule has 1 amide bonds. The topological polar surface area (TPSA) is 69.6 Å². The van der Waals surface area contributed by atoms with Gasteiger partial charge >= 0.3 is 0 Å². The number of phenolic OH excluding ortho intramolecular Hbond substituents is 1.